The maximum Gasteiger partial charge on any atom is 0.0466 e. The molecule has 0 radical (unpaired) electrons. The Labute approximate surface area is 133 Å². The number of aliphatic hydroxyl groups is 1. The zero-order valence-electron chi connectivity index (χ0n) is 14.6. The van der Waals surface area contributed by atoms with Crippen LogP contribution in [0.15, 0.2) is 0 Å². The molecule has 21 heavy (non-hydrogen) atoms. The third-order valence-corrected chi connectivity index (χ3v) is 4.09. The summed E-state index contributed by atoms with van der Waals surface area (Å²) >= 11 is 0. The summed E-state index contributed by atoms with van der Waals surface area (Å²) in [4.78, 5) is 0. The minimum atomic E-state index is 0.360. The van der Waals surface area contributed by atoms with Crippen LogP contribution < -0.4 is 0 Å². The lowest BCUT2D eigenvalue weighted by Crippen LogP contribution is -1.97. The number of aliphatic hydroxyl groups excluding tert-OH is 1. The van der Waals surface area contributed by atoms with E-state index in [1.165, 1.54) is 89.9 Å². The first kappa shape index (κ1) is 20.9. The quantitative estimate of drug-likeness (QED) is 0.321. The van der Waals surface area contributed by atoms with Gasteiger partial charge in [0, 0.05) is 19.8 Å². The van der Waals surface area contributed by atoms with E-state index in [4.69, 9.17) is 9.84 Å². The van der Waals surface area contributed by atoms with Gasteiger partial charge in [-0.3, -0.25) is 0 Å². The highest BCUT2D eigenvalue weighted by atomic mass is 16.5. The Kier molecular flexibility index (Phi) is 19.8. The van der Waals surface area contributed by atoms with Crippen molar-refractivity contribution < 1.29 is 9.84 Å². The van der Waals surface area contributed by atoms with E-state index >= 15 is 0 Å². The van der Waals surface area contributed by atoms with Crippen LogP contribution in [0.1, 0.15) is 103 Å². The summed E-state index contributed by atoms with van der Waals surface area (Å²) in [6.07, 6.45) is 19.6. The van der Waals surface area contributed by atoms with Gasteiger partial charge in [0.15, 0.2) is 0 Å². The molecular formula is C19H40O2. The Hall–Kier alpha value is -0.0800. The fourth-order valence-electron chi connectivity index (χ4n) is 2.64. The maximum absolute atomic E-state index is 8.68. The van der Waals surface area contributed by atoms with Gasteiger partial charge in [0.2, 0.25) is 0 Å². The minimum absolute atomic E-state index is 0.360. The SMILES string of the molecule is CCCCCCCCOCCCCCCCCCCCO. The second kappa shape index (κ2) is 19.9. The van der Waals surface area contributed by atoms with Crippen molar-refractivity contribution in [1.82, 2.24) is 0 Å². The summed E-state index contributed by atoms with van der Waals surface area (Å²) in [6.45, 7) is 4.56. The lowest BCUT2D eigenvalue weighted by Gasteiger charge is -2.05. The molecule has 0 aromatic heterocycles. The Bertz CT molecular complexity index is 153. The number of rotatable bonds is 18. The first-order valence-electron chi connectivity index (χ1n) is 9.60. The molecule has 0 aliphatic heterocycles. The molecule has 128 valence electrons. The molecule has 0 atom stereocenters. The van der Waals surface area contributed by atoms with Crippen molar-refractivity contribution in [3.63, 3.8) is 0 Å². The van der Waals surface area contributed by atoms with Gasteiger partial charge >= 0.3 is 0 Å². The van der Waals surface area contributed by atoms with E-state index in [1.54, 1.807) is 0 Å². The first-order chi connectivity index (χ1) is 10.4. The molecule has 0 aliphatic rings. The van der Waals surface area contributed by atoms with E-state index in [9.17, 15) is 0 Å². The van der Waals surface area contributed by atoms with Gasteiger partial charge in [-0.1, -0.05) is 84.0 Å². The van der Waals surface area contributed by atoms with Gasteiger partial charge in [0.25, 0.3) is 0 Å². The maximum atomic E-state index is 8.68. The number of ether oxygens (including phenoxy) is 1. The Morgan fingerprint density at radius 1 is 0.524 bits per heavy atom. The molecule has 0 aromatic rings. The molecule has 0 bridgehead atoms. The van der Waals surface area contributed by atoms with Crippen molar-refractivity contribution in [2.24, 2.45) is 0 Å². The van der Waals surface area contributed by atoms with E-state index < -0.39 is 0 Å². The molecule has 0 aliphatic carbocycles. The zero-order chi connectivity index (χ0) is 15.4. The second-order valence-electron chi connectivity index (χ2n) is 6.29. The molecule has 0 spiro atoms. The van der Waals surface area contributed by atoms with E-state index in [1.807, 2.05) is 0 Å². The second-order valence-corrected chi connectivity index (χ2v) is 6.29. The van der Waals surface area contributed by atoms with E-state index in [2.05, 4.69) is 6.92 Å². The van der Waals surface area contributed by atoms with Crippen LogP contribution in [0.5, 0.6) is 0 Å². The van der Waals surface area contributed by atoms with Crippen molar-refractivity contribution in [2.75, 3.05) is 19.8 Å². The minimum Gasteiger partial charge on any atom is -0.396 e. The standard InChI is InChI=1S/C19H40O2/c1-2-3-4-5-12-15-18-21-19-16-13-10-8-6-7-9-11-14-17-20/h20H,2-19H2,1H3. The van der Waals surface area contributed by atoms with Crippen LogP contribution in [0.3, 0.4) is 0 Å². The Morgan fingerprint density at radius 3 is 1.33 bits per heavy atom. The lowest BCUT2D eigenvalue weighted by molar-refractivity contribution is 0.125. The zero-order valence-corrected chi connectivity index (χ0v) is 14.6. The molecule has 0 unspecified atom stereocenters. The predicted molar refractivity (Wildman–Crippen MR) is 92.8 cm³/mol. The summed E-state index contributed by atoms with van der Waals surface area (Å²) in [7, 11) is 0. The number of hydrogen-bond acceptors (Lipinski definition) is 2. The number of unbranched alkanes of at least 4 members (excludes halogenated alkanes) is 13. The molecule has 1 N–H and O–H groups in total. The van der Waals surface area contributed by atoms with Crippen molar-refractivity contribution in [3.05, 3.63) is 0 Å². The molecule has 0 rings (SSSR count). The summed E-state index contributed by atoms with van der Waals surface area (Å²) < 4.78 is 5.69. The molecule has 0 saturated carbocycles. The van der Waals surface area contributed by atoms with Crippen LogP contribution >= 0.6 is 0 Å². The average molecular weight is 301 g/mol. The van der Waals surface area contributed by atoms with Gasteiger partial charge in [-0.05, 0) is 19.3 Å². The monoisotopic (exact) mass is 300 g/mol. The van der Waals surface area contributed by atoms with Gasteiger partial charge in [0.1, 0.15) is 0 Å². The van der Waals surface area contributed by atoms with E-state index in [0.717, 1.165) is 19.6 Å². The molecule has 0 aromatic carbocycles. The fraction of sp³-hybridized carbons (Fsp3) is 1.00. The van der Waals surface area contributed by atoms with Gasteiger partial charge in [-0.15, -0.1) is 0 Å². The van der Waals surface area contributed by atoms with Crippen LogP contribution in [-0.2, 0) is 4.74 Å². The molecule has 0 heterocycles. The van der Waals surface area contributed by atoms with Gasteiger partial charge < -0.3 is 9.84 Å². The lowest BCUT2D eigenvalue weighted by atomic mass is 10.1. The average Bonchev–Trinajstić information content (AvgIpc) is 2.50. The summed E-state index contributed by atoms with van der Waals surface area (Å²) in [5.41, 5.74) is 0. The van der Waals surface area contributed by atoms with Gasteiger partial charge in [-0.2, -0.15) is 0 Å². The first-order valence-corrected chi connectivity index (χ1v) is 9.60. The highest BCUT2D eigenvalue weighted by Gasteiger charge is 1.94. The summed E-state index contributed by atoms with van der Waals surface area (Å²) in [6, 6.07) is 0. The van der Waals surface area contributed by atoms with Gasteiger partial charge in [0.05, 0.1) is 0 Å². The molecule has 2 heteroatoms. The predicted octanol–water partition coefficient (Wildman–Crippen LogP) is 5.87. The van der Waals surface area contributed by atoms with E-state index in [0.29, 0.717) is 6.61 Å². The fourth-order valence-corrected chi connectivity index (χ4v) is 2.64. The third kappa shape index (κ3) is 19.9. The molecule has 2 nitrogen and oxygen atoms in total. The Morgan fingerprint density at radius 2 is 0.905 bits per heavy atom. The highest BCUT2D eigenvalue weighted by molar-refractivity contribution is 4.48. The van der Waals surface area contributed by atoms with Crippen molar-refractivity contribution in [3.8, 4) is 0 Å². The third-order valence-electron chi connectivity index (χ3n) is 4.09. The van der Waals surface area contributed by atoms with Crippen LogP contribution in [0.25, 0.3) is 0 Å². The molecule has 0 amide bonds. The van der Waals surface area contributed by atoms with Crippen molar-refractivity contribution >= 4 is 0 Å². The topological polar surface area (TPSA) is 29.5 Å². The molecule has 0 fully saturated rings. The van der Waals surface area contributed by atoms with Gasteiger partial charge in [-0.25, -0.2) is 0 Å². The van der Waals surface area contributed by atoms with E-state index in [-0.39, 0.29) is 0 Å². The Balaban J connectivity index is 2.90. The normalized spacial score (nSPS) is 11.1. The number of hydrogen-bond donors (Lipinski definition) is 1. The molecule has 0 saturated heterocycles. The van der Waals surface area contributed by atoms with Crippen molar-refractivity contribution in [1.29, 1.82) is 0 Å². The largest absolute Gasteiger partial charge is 0.396 e. The van der Waals surface area contributed by atoms with Crippen LogP contribution in [-0.4, -0.2) is 24.9 Å². The summed E-state index contributed by atoms with van der Waals surface area (Å²) in [5.74, 6) is 0. The van der Waals surface area contributed by atoms with Crippen LogP contribution in [0.2, 0.25) is 0 Å². The smallest absolute Gasteiger partial charge is 0.0466 e. The van der Waals surface area contributed by atoms with Crippen molar-refractivity contribution in [2.45, 2.75) is 103 Å². The van der Waals surface area contributed by atoms with Crippen LogP contribution in [0.4, 0.5) is 0 Å². The van der Waals surface area contributed by atoms with Crippen LogP contribution in [0, 0.1) is 0 Å². The highest BCUT2D eigenvalue weighted by Crippen LogP contribution is 2.10. The molecular weight excluding hydrogens is 260 g/mol. The summed E-state index contributed by atoms with van der Waals surface area (Å²) in [5, 5.41) is 8.68.